The second-order valence-electron chi connectivity index (χ2n) is 5.53. The minimum atomic E-state index is 0.675. The molecule has 1 aromatic heterocycles. The lowest BCUT2D eigenvalue weighted by molar-refractivity contribution is 0.553. The lowest BCUT2D eigenvalue weighted by Crippen LogP contribution is -2.18. The molecule has 0 aliphatic carbocycles. The fraction of sp³-hybridized carbons (Fsp3) is 0.500. The smallest absolute Gasteiger partial charge is 0.0498 e. The normalized spacial score (nSPS) is 11.7. The van der Waals surface area contributed by atoms with Gasteiger partial charge in [-0.1, -0.05) is 31.5 Å². The zero-order chi connectivity index (χ0) is 14.5. The van der Waals surface area contributed by atoms with Gasteiger partial charge in [0.2, 0.25) is 0 Å². The SMILES string of the molecule is CSCCn1cc(CNCC(C)C)c2ccc(Cl)cc21. The highest BCUT2D eigenvalue weighted by molar-refractivity contribution is 7.98. The van der Waals surface area contributed by atoms with Gasteiger partial charge in [0.1, 0.15) is 0 Å². The topological polar surface area (TPSA) is 17.0 Å². The van der Waals surface area contributed by atoms with Crippen molar-refractivity contribution >= 4 is 34.3 Å². The van der Waals surface area contributed by atoms with Crippen LogP contribution in [0.3, 0.4) is 0 Å². The van der Waals surface area contributed by atoms with Crippen LogP contribution in [0.1, 0.15) is 19.4 Å². The van der Waals surface area contributed by atoms with Crippen molar-refractivity contribution in [2.24, 2.45) is 5.92 Å². The molecule has 1 aromatic carbocycles. The molecule has 0 unspecified atom stereocenters. The van der Waals surface area contributed by atoms with Gasteiger partial charge < -0.3 is 9.88 Å². The molecule has 0 aliphatic heterocycles. The molecular formula is C16H23ClN2S. The summed E-state index contributed by atoms with van der Waals surface area (Å²) in [4.78, 5) is 0. The van der Waals surface area contributed by atoms with Crippen molar-refractivity contribution in [2.45, 2.75) is 26.9 Å². The Morgan fingerprint density at radius 3 is 2.85 bits per heavy atom. The van der Waals surface area contributed by atoms with Crippen LogP contribution in [-0.2, 0) is 13.1 Å². The summed E-state index contributed by atoms with van der Waals surface area (Å²) < 4.78 is 2.32. The predicted molar refractivity (Wildman–Crippen MR) is 91.9 cm³/mol. The van der Waals surface area contributed by atoms with Gasteiger partial charge in [0.15, 0.2) is 0 Å². The Morgan fingerprint density at radius 1 is 1.35 bits per heavy atom. The van der Waals surface area contributed by atoms with Gasteiger partial charge in [-0.3, -0.25) is 0 Å². The molecule has 0 spiro atoms. The molecule has 110 valence electrons. The minimum absolute atomic E-state index is 0.675. The average molecular weight is 311 g/mol. The summed E-state index contributed by atoms with van der Waals surface area (Å²) in [6.07, 6.45) is 4.41. The largest absolute Gasteiger partial charge is 0.346 e. The van der Waals surface area contributed by atoms with Crippen LogP contribution in [0.15, 0.2) is 24.4 Å². The molecule has 2 aromatic rings. The van der Waals surface area contributed by atoms with Crippen molar-refractivity contribution in [3.63, 3.8) is 0 Å². The van der Waals surface area contributed by atoms with E-state index in [1.165, 1.54) is 16.5 Å². The Hall–Kier alpha value is -0.640. The van der Waals surface area contributed by atoms with E-state index in [2.05, 4.69) is 48.3 Å². The molecule has 1 N–H and O–H groups in total. The van der Waals surface area contributed by atoms with Gasteiger partial charge in [-0.2, -0.15) is 11.8 Å². The van der Waals surface area contributed by atoms with Crippen molar-refractivity contribution in [2.75, 3.05) is 18.6 Å². The first kappa shape index (κ1) is 15.7. The van der Waals surface area contributed by atoms with Gasteiger partial charge in [0, 0.05) is 41.0 Å². The highest BCUT2D eigenvalue weighted by atomic mass is 35.5. The van der Waals surface area contributed by atoms with Crippen LogP contribution in [0.25, 0.3) is 10.9 Å². The number of rotatable bonds is 7. The van der Waals surface area contributed by atoms with E-state index < -0.39 is 0 Å². The van der Waals surface area contributed by atoms with Crippen LogP contribution in [-0.4, -0.2) is 23.1 Å². The lowest BCUT2D eigenvalue weighted by atomic mass is 10.1. The molecule has 0 amide bonds. The number of hydrogen-bond donors (Lipinski definition) is 1. The average Bonchev–Trinajstić information content (AvgIpc) is 2.73. The molecule has 0 saturated carbocycles. The first-order chi connectivity index (χ1) is 9.61. The van der Waals surface area contributed by atoms with Crippen molar-refractivity contribution in [1.29, 1.82) is 0 Å². The van der Waals surface area contributed by atoms with Crippen LogP contribution < -0.4 is 5.32 Å². The maximum Gasteiger partial charge on any atom is 0.0498 e. The Kier molecular flexibility index (Phi) is 5.82. The second kappa shape index (κ2) is 7.39. The number of thioether (sulfide) groups is 1. The van der Waals surface area contributed by atoms with Gasteiger partial charge >= 0.3 is 0 Å². The van der Waals surface area contributed by atoms with Crippen LogP contribution in [0.5, 0.6) is 0 Å². The predicted octanol–water partition coefficient (Wildman–Crippen LogP) is 4.40. The first-order valence-corrected chi connectivity index (χ1v) is 8.86. The van der Waals surface area contributed by atoms with E-state index >= 15 is 0 Å². The maximum absolute atomic E-state index is 6.15. The lowest BCUT2D eigenvalue weighted by Gasteiger charge is -2.06. The van der Waals surface area contributed by atoms with Crippen LogP contribution >= 0.6 is 23.4 Å². The minimum Gasteiger partial charge on any atom is -0.346 e. The molecule has 2 rings (SSSR count). The summed E-state index contributed by atoms with van der Waals surface area (Å²) >= 11 is 8.02. The number of fused-ring (bicyclic) bond motifs is 1. The van der Waals surface area contributed by atoms with E-state index in [1.54, 1.807) is 0 Å². The van der Waals surface area contributed by atoms with Crippen molar-refractivity contribution < 1.29 is 0 Å². The number of aromatic nitrogens is 1. The molecule has 0 fully saturated rings. The molecule has 4 heteroatoms. The van der Waals surface area contributed by atoms with Gasteiger partial charge in [-0.25, -0.2) is 0 Å². The van der Waals surface area contributed by atoms with Crippen molar-refractivity contribution in [3.05, 3.63) is 35.0 Å². The molecule has 0 radical (unpaired) electrons. The Labute approximate surface area is 130 Å². The first-order valence-electron chi connectivity index (χ1n) is 7.08. The number of halogens is 1. The summed E-state index contributed by atoms with van der Waals surface area (Å²) in [5.74, 6) is 1.80. The fourth-order valence-electron chi connectivity index (χ4n) is 2.35. The monoisotopic (exact) mass is 310 g/mol. The van der Waals surface area contributed by atoms with E-state index in [0.717, 1.165) is 30.4 Å². The van der Waals surface area contributed by atoms with Crippen LogP contribution in [0.4, 0.5) is 0 Å². The van der Waals surface area contributed by atoms with Gasteiger partial charge in [0.25, 0.3) is 0 Å². The Balaban J connectivity index is 2.24. The number of nitrogens with one attached hydrogen (secondary N) is 1. The summed E-state index contributed by atoms with van der Waals surface area (Å²) in [5.41, 5.74) is 2.60. The zero-order valence-corrected chi connectivity index (χ0v) is 14.0. The second-order valence-corrected chi connectivity index (χ2v) is 6.95. The summed E-state index contributed by atoms with van der Waals surface area (Å²) in [7, 11) is 0. The molecule has 0 atom stereocenters. The van der Waals surface area contributed by atoms with E-state index in [0.29, 0.717) is 5.92 Å². The molecule has 0 saturated heterocycles. The summed E-state index contributed by atoms with van der Waals surface area (Å²) in [6, 6.07) is 6.19. The zero-order valence-electron chi connectivity index (χ0n) is 12.4. The van der Waals surface area contributed by atoms with Crippen LogP contribution in [0, 0.1) is 5.92 Å². The Morgan fingerprint density at radius 2 is 2.15 bits per heavy atom. The third kappa shape index (κ3) is 3.94. The molecule has 2 nitrogen and oxygen atoms in total. The number of nitrogens with zero attached hydrogens (tertiary/aromatic N) is 1. The maximum atomic E-state index is 6.15. The van der Waals surface area contributed by atoms with E-state index in [1.807, 2.05) is 17.8 Å². The van der Waals surface area contributed by atoms with Gasteiger partial charge in [0.05, 0.1) is 0 Å². The third-order valence-corrected chi connectivity index (χ3v) is 4.16. The highest BCUT2D eigenvalue weighted by Crippen LogP contribution is 2.25. The van der Waals surface area contributed by atoms with E-state index in [4.69, 9.17) is 11.6 Å². The number of benzene rings is 1. The summed E-state index contributed by atoms with van der Waals surface area (Å²) in [6.45, 7) is 7.46. The highest BCUT2D eigenvalue weighted by Gasteiger charge is 2.09. The molecular weight excluding hydrogens is 288 g/mol. The van der Waals surface area contributed by atoms with Gasteiger partial charge in [-0.05, 0) is 36.4 Å². The third-order valence-electron chi connectivity index (χ3n) is 3.33. The van der Waals surface area contributed by atoms with E-state index in [-0.39, 0.29) is 0 Å². The Bertz CT molecular complexity index is 563. The number of aryl methyl sites for hydroxylation is 1. The van der Waals surface area contributed by atoms with Crippen molar-refractivity contribution in [1.82, 2.24) is 9.88 Å². The molecule has 20 heavy (non-hydrogen) atoms. The quantitative estimate of drug-likeness (QED) is 0.816. The fourth-order valence-corrected chi connectivity index (χ4v) is 2.90. The van der Waals surface area contributed by atoms with Crippen LogP contribution in [0.2, 0.25) is 5.02 Å². The molecule has 1 heterocycles. The van der Waals surface area contributed by atoms with Crippen molar-refractivity contribution in [3.8, 4) is 0 Å². The standard InChI is InChI=1S/C16H23ClN2S/c1-12(2)9-18-10-13-11-19(6-7-20-3)16-8-14(17)4-5-15(13)16/h4-5,8,11-12,18H,6-7,9-10H2,1-3H3. The summed E-state index contributed by atoms with van der Waals surface area (Å²) in [5, 5.41) is 5.65. The molecule has 0 bridgehead atoms. The molecule has 0 aliphatic rings. The number of hydrogen-bond acceptors (Lipinski definition) is 2. The van der Waals surface area contributed by atoms with Gasteiger partial charge in [-0.15, -0.1) is 0 Å². The van der Waals surface area contributed by atoms with E-state index in [9.17, 15) is 0 Å².